The molecule has 0 aromatic heterocycles. The van der Waals surface area contributed by atoms with Crippen LogP contribution in [0.3, 0.4) is 0 Å². The fourth-order valence-electron chi connectivity index (χ4n) is 1.88. The van der Waals surface area contributed by atoms with Gasteiger partial charge in [-0.05, 0) is 49.7 Å². The topological polar surface area (TPSA) is 35.5 Å². The number of rotatable bonds is 6. The SMILES string of the molecule is CCCOc1ccc(Oc2cccc(F)c2C(C)=O)cc1. The summed E-state index contributed by atoms with van der Waals surface area (Å²) in [6, 6.07) is 11.3. The van der Waals surface area contributed by atoms with Crippen molar-refractivity contribution >= 4 is 5.78 Å². The van der Waals surface area contributed by atoms with Gasteiger partial charge in [0.05, 0.1) is 12.2 Å². The lowest BCUT2D eigenvalue weighted by molar-refractivity contribution is 0.101. The van der Waals surface area contributed by atoms with Crippen molar-refractivity contribution in [1.29, 1.82) is 0 Å². The van der Waals surface area contributed by atoms with Gasteiger partial charge in [0.2, 0.25) is 0 Å². The summed E-state index contributed by atoms with van der Waals surface area (Å²) in [5.74, 6) is 0.529. The number of carbonyl (C=O) groups is 1. The van der Waals surface area contributed by atoms with Crippen molar-refractivity contribution in [3.8, 4) is 17.2 Å². The van der Waals surface area contributed by atoms with E-state index in [9.17, 15) is 9.18 Å². The molecule has 21 heavy (non-hydrogen) atoms. The third kappa shape index (κ3) is 3.81. The Morgan fingerprint density at radius 3 is 2.38 bits per heavy atom. The van der Waals surface area contributed by atoms with Crippen LogP contribution in [0.5, 0.6) is 17.2 Å². The van der Waals surface area contributed by atoms with Gasteiger partial charge in [-0.25, -0.2) is 4.39 Å². The normalized spacial score (nSPS) is 10.2. The molecule has 0 bridgehead atoms. The molecular weight excluding hydrogens is 271 g/mol. The van der Waals surface area contributed by atoms with E-state index in [1.54, 1.807) is 30.3 Å². The highest BCUT2D eigenvalue weighted by Gasteiger charge is 2.14. The molecule has 0 saturated heterocycles. The van der Waals surface area contributed by atoms with Gasteiger partial charge in [-0.3, -0.25) is 4.79 Å². The number of ketones is 1. The monoisotopic (exact) mass is 288 g/mol. The summed E-state index contributed by atoms with van der Waals surface area (Å²) in [6.07, 6.45) is 0.934. The summed E-state index contributed by atoms with van der Waals surface area (Å²) in [5.41, 5.74) is -0.0381. The lowest BCUT2D eigenvalue weighted by Gasteiger charge is -2.11. The van der Waals surface area contributed by atoms with Crippen molar-refractivity contribution in [1.82, 2.24) is 0 Å². The Kier molecular flexibility index (Phi) is 4.93. The predicted molar refractivity (Wildman–Crippen MR) is 78.7 cm³/mol. The second kappa shape index (κ2) is 6.88. The fourth-order valence-corrected chi connectivity index (χ4v) is 1.88. The van der Waals surface area contributed by atoms with E-state index < -0.39 is 5.82 Å². The van der Waals surface area contributed by atoms with Crippen LogP contribution >= 0.6 is 0 Å². The second-order valence-corrected chi connectivity index (χ2v) is 4.59. The average Bonchev–Trinajstić information content (AvgIpc) is 2.46. The van der Waals surface area contributed by atoms with E-state index >= 15 is 0 Å². The van der Waals surface area contributed by atoms with Gasteiger partial charge in [-0.2, -0.15) is 0 Å². The zero-order valence-corrected chi connectivity index (χ0v) is 12.1. The van der Waals surface area contributed by atoms with Crippen molar-refractivity contribution in [3.63, 3.8) is 0 Å². The number of Topliss-reactive ketones (excluding diaryl/α,β-unsaturated/α-hetero) is 1. The van der Waals surface area contributed by atoms with Crippen LogP contribution in [0.15, 0.2) is 42.5 Å². The lowest BCUT2D eigenvalue weighted by Crippen LogP contribution is -2.01. The number of hydrogen-bond acceptors (Lipinski definition) is 3. The Morgan fingerprint density at radius 1 is 1.10 bits per heavy atom. The molecule has 2 aromatic carbocycles. The minimum absolute atomic E-state index is 0.0381. The quantitative estimate of drug-likeness (QED) is 0.728. The molecule has 0 amide bonds. The van der Waals surface area contributed by atoms with Crippen LogP contribution in [0.25, 0.3) is 0 Å². The molecule has 3 nitrogen and oxygen atoms in total. The molecule has 2 rings (SSSR count). The summed E-state index contributed by atoms with van der Waals surface area (Å²) in [7, 11) is 0. The summed E-state index contributed by atoms with van der Waals surface area (Å²) in [6.45, 7) is 4.00. The molecular formula is C17H17FO3. The van der Waals surface area contributed by atoms with Crippen LogP contribution in [-0.4, -0.2) is 12.4 Å². The number of ether oxygens (including phenoxy) is 2. The van der Waals surface area contributed by atoms with Gasteiger partial charge in [0.1, 0.15) is 23.1 Å². The van der Waals surface area contributed by atoms with Crippen molar-refractivity contribution in [3.05, 3.63) is 53.8 Å². The van der Waals surface area contributed by atoms with Crippen molar-refractivity contribution < 1.29 is 18.7 Å². The van der Waals surface area contributed by atoms with Gasteiger partial charge >= 0.3 is 0 Å². The van der Waals surface area contributed by atoms with E-state index in [0.717, 1.165) is 12.2 Å². The standard InChI is InChI=1S/C17H17FO3/c1-3-11-20-13-7-9-14(10-8-13)21-16-6-4-5-15(18)17(16)12(2)19/h4-10H,3,11H2,1-2H3. The van der Waals surface area contributed by atoms with E-state index in [2.05, 4.69) is 0 Å². The molecule has 0 aliphatic carbocycles. The van der Waals surface area contributed by atoms with Gasteiger partial charge in [-0.1, -0.05) is 13.0 Å². The van der Waals surface area contributed by atoms with Crippen LogP contribution in [0, 0.1) is 5.82 Å². The fraction of sp³-hybridized carbons (Fsp3) is 0.235. The minimum atomic E-state index is -0.581. The van der Waals surface area contributed by atoms with Gasteiger partial charge in [0, 0.05) is 0 Å². The predicted octanol–water partition coefficient (Wildman–Crippen LogP) is 4.61. The first kappa shape index (κ1) is 15.0. The van der Waals surface area contributed by atoms with Crippen molar-refractivity contribution in [2.24, 2.45) is 0 Å². The molecule has 4 heteroatoms. The van der Waals surface area contributed by atoms with E-state index in [-0.39, 0.29) is 17.1 Å². The van der Waals surface area contributed by atoms with Crippen molar-refractivity contribution in [2.45, 2.75) is 20.3 Å². The lowest BCUT2D eigenvalue weighted by atomic mass is 10.1. The molecule has 0 aliphatic heterocycles. The molecule has 0 heterocycles. The molecule has 2 aromatic rings. The van der Waals surface area contributed by atoms with E-state index in [0.29, 0.717) is 12.4 Å². The Morgan fingerprint density at radius 2 is 1.76 bits per heavy atom. The van der Waals surface area contributed by atoms with Crippen molar-refractivity contribution in [2.75, 3.05) is 6.61 Å². The molecule has 0 spiro atoms. The van der Waals surface area contributed by atoms with Crippen LogP contribution in [-0.2, 0) is 0 Å². The average molecular weight is 288 g/mol. The molecule has 0 aliphatic rings. The van der Waals surface area contributed by atoms with Gasteiger partial charge < -0.3 is 9.47 Å². The third-order valence-corrected chi connectivity index (χ3v) is 2.85. The van der Waals surface area contributed by atoms with Crippen LogP contribution in [0.2, 0.25) is 0 Å². The summed E-state index contributed by atoms with van der Waals surface area (Å²) in [5, 5.41) is 0. The largest absolute Gasteiger partial charge is 0.494 e. The smallest absolute Gasteiger partial charge is 0.166 e. The first-order valence-corrected chi connectivity index (χ1v) is 6.82. The molecule has 0 unspecified atom stereocenters. The first-order chi connectivity index (χ1) is 10.1. The Labute approximate surface area is 123 Å². The van der Waals surface area contributed by atoms with Gasteiger partial charge in [0.15, 0.2) is 5.78 Å². The maximum absolute atomic E-state index is 13.7. The Hall–Kier alpha value is -2.36. The Bertz CT molecular complexity index is 620. The van der Waals surface area contributed by atoms with E-state index in [1.165, 1.54) is 19.1 Å². The third-order valence-electron chi connectivity index (χ3n) is 2.85. The second-order valence-electron chi connectivity index (χ2n) is 4.59. The molecule has 0 N–H and O–H groups in total. The van der Waals surface area contributed by atoms with Crippen LogP contribution < -0.4 is 9.47 Å². The van der Waals surface area contributed by atoms with Crippen LogP contribution in [0.4, 0.5) is 4.39 Å². The maximum Gasteiger partial charge on any atom is 0.166 e. The zero-order valence-electron chi connectivity index (χ0n) is 12.1. The molecule has 0 saturated carbocycles. The number of halogens is 1. The van der Waals surface area contributed by atoms with Gasteiger partial charge in [0.25, 0.3) is 0 Å². The first-order valence-electron chi connectivity index (χ1n) is 6.82. The van der Waals surface area contributed by atoms with Gasteiger partial charge in [-0.15, -0.1) is 0 Å². The summed E-state index contributed by atoms with van der Waals surface area (Å²) < 4.78 is 24.8. The van der Waals surface area contributed by atoms with E-state index in [1.807, 2.05) is 6.92 Å². The van der Waals surface area contributed by atoms with Crippen LogP contribution in [0.1, 0.15) is 30.6 Å². The molecule has 0 fully saturated rings. The number of carbonyl (C=O) groups excluding carboxylic acids is 1. The number of hydrogen-bond donors (Lipinski definition) is 0. The molecule has 0 atom stereocenters. The zero-order chi connectivity index (χ0) is 15.2. The Balaban J connectivity index is 2.19. The minimum Gasteiger partial charge on any atom is -0.494 e. The maximum atomic E-state index is 13.7. The molecule has 110 valence electrons. The highest BCUT2D eigenvalue weighted by Crippen LogP contribution is 2.28. The summed E-state index contributed by atoms with van der Waals surface area (Å²) >= 11 is 0. The number of benzene rings is 2. The molecule has 0 radical (unpaired) electrons. The highest BCUT2D eigenvalue weighted by atomic mass is 19.1. The summed E-state index contributed by atoms with van der Waals surface area (Å²) in [4.78, 5) is 11.5. The van der Waals surface area contributed by atoms with E-state index in [4.69, 9.17) is 9.47 Å². The highest BCUT2D eigenvalue weighted by molar-refractivity contribution is 5.97.